The van der Waals surface area contributed by atoms with E-state index in [1.807, 2.05) is 0 Å². The molecule has 0 radical (unpaired) electrons. The second-order valence-electron chi connectivity index (χ2n) is 3.86. The summed E-state index contributed by atoms with van der Waals surface area (Å²) in [6, 6.07) is 6.01. The smallest absolute Gasteiger partial charge is 0.260 e. The van der Waals surface area contributed by atoms with Gasteiger partial charge < -0.3 is 15.9 Å². The Morgan fingerprint density at radius 2 is 2.35 bits per heavy atom. The number of carbonyl (C=O) groups is 1. The maximum atomic E-state index is 11.1. The van der Waals surface area contributed by atoms with E-state index in [1.54, 1.807) is 12.1 Å². The average molecular weight is 291 g/mol. The lowest BCUT2D eigenvalue weighted by Crippen LogP contribution is -2.99. The first-order chi connectivity index (χ1) is 9.43. The van der Waals surface area contributed by atoms with Gasteiger partial charge in [0.1, 0.15) is 11.6 Å². The van der Waals surface area contributed by atoms with Gasteiger partial charge in [-0.3, -0.25) is 9.36 Å². The summed E-state index contributed by atoms with van der Waals surface area (Å²) in [6.45, 7) is 0. The van der Waals surface area contributed by atoms with Crippen LogP contribution in [-0.4, -0.2) is 20.7 Å². The van der Waals surface area contributed by atoms with Crippen molar-refractivity contribution in [1.82, 2.24) is 9.55 Å². The number of benzene rings is 1. The summed E-state index contributed by atoms with van der Waals surface area (Å²) in [4.78, 5) is 13.9. The number of aromatic nitrogens is 2. The SMILES string of the molecule is N#C/C(=C/n1c(=S)[nH]c2ccc([NH+]([O-])O)cc21)C(N)=O. The zero-order chi connectivity index (χ0) is 14.9. The molecule has 1 aromatic heterocycles. The summed E-state index contributed by atoms with van der Waals surface area (Å²) in [5.74, 6) is -0.891. The van der Waals surface area contributed by atoms with Crippen LogP contribution in [0, 0.1) is 21.3 Å². The van der Waals surface area contributed by atoms with Crippen LogP contribution in [0.5, 0.6) is 0 Å². The van der Waals surface area contributed by atoms with Crippen LogP contribution in [0.25, 0.3) is 17.2 Å². The van der Waals surface area contributed by atoms with Crippen molar-refractivity contribution in [2.45, 2.75) is 0 Å². The quantitative estimate of drug-likeness (QED) is 0.272. The molecule has 0 spiro atoms. The minimum absolute atomic E-state index is 0.0613. The van der Waals surface area contributed by atoms with E-state index in [-0.39, 0.29) is 16.0 Å². The van der Waals surface area contributed by atoms with Crippen LogP contribution in [0.1, 0.15) is 0 Å². The highest BCUT2D eigenvalue weighted by Gasteiger charge is 2.10. The molecule has 2 rings (SSSR count). The lowest BCUT2D eigenvalue weighted by Gasteiger charge is -2.11. The van der Waals surface area contributed by atoms with Gasteiger partial charge in [0.05, 0.1) is 11.0 Å². The monoisotopic (exact) mass is 291 g/mol. The number of nitriles is 1. The van der Waals surface area contributed by atoms with Crippen LogP contribution < -0.4 is 11.0 Å². The Labute approximate surface area is 117 Å². The molecule has 0 aliphatic rings. The molecule has 1 atom stereocenters. The number of H-pyrrole nitrogens is 1. The van der Waals surface area contributed by atoms with Gasteiger partial charge >= 0.3 is 0 Å². The van der Waals surface area contributed by atoms with Gasteiger partial charge in [0.2, 0.25) is 0 Å². The average Bonchev–Trinajstić information content (AvgIpc) is 2.70. The van der Waals surface area contributed by atoms with Crippen LogP contribution in [-0.2, 0) is 4.79 Å². The molecular formula is C11H9N5O3S. The molecule has 5 N–H and O–H groups in total. The summed E-state index contributed by atoms with van der Waals surface area (Å²) < 4.78 is 1.55. The molecule has 9 heteroatoms. The van der Waals surface area contributed by atoms with Crippen molar-refractivity contribution in [3.8, 4) is 6.07 Å². The van der Waals surface area contributed by atoms with Crippen LogP contribution in [0.3, 0.4) is 0 Å². The van der Waals surface area contributed by atoms with Gasteiger partial charge in [0.15, 0.2) is 10.5 Å². The normalized spacial score (nSPS) is 13.2. The molecule has 8 nitrogen and oxygen atoms in total. The Balaban J connectivity index is 2.73. The molecule has 1 aromatic carbocycles. The fourth-order valence-corrected chi connectivity index (χ4v) is 1.92. The third-order valence-corrected chi connectivity index (χ3v) is 2.91. The van der Waals surface area contributed by atoms with E-state index in [0.29, 0.717) is 11.0 Å². The minimum Gasteiger partial charge on any atom is -0.595 e. The van der Waals surface area contributed by atoms with Crippen molar-refractivity contribution < 1.29 is 15.2 Å². The largest absolute Gasteiger partial charge is 0.595 e. The maximum absolute atomic E-state index is 11.1. The van der Waals surface area contributed by atoms with E-state index in [4.69, 9.17) is 28.4 Å². The number of rotatable bonds is 3. The van der Waals surface area contributed by atoms with Crippen LogP contribution >= 0.6 is 12.2 Å². The Morgan fingerprint density at radius 1 is 1.65 bits per heavy atom. The first-order valence-corrected chi connectivity index (χ1v) is 5.74. The fraction of sp³-hybridized carbons (Fsp3) is 0. The minimum atomic E-state index is -1.09. The van der Waals surface area contributed by atoms with E-state index in [9.17, 15) is 10.0 Å². The van der Waals surface area contributed by atoms with Gasteiger partial charge in [0.25, 0.3) is 5.91 Å². The summed E-state index contributed by atoms with van der Waals surface area (Å²) in [7, 11) is 0. The molecule has 1 unspecified atom stereocenters. The number of hydrogen-bond acceptors (Lipinski definition) is 5. The van der Waals surface area contributed by atoms with E-state index in [0.717, 1.165) is 0 Å². The molecule has 1 heterocycles. The number of primary amides is 1. The van der Waals surface area contributed by atoms with Crippen LogP contribution in [0.4, 0.5) is 5.69 Å². The van der Waals surface area contributed by atoms with Crippen molar-refractivity contribution >= 4 is 41.0 Å². The van der Waals surface area contributed by atoms with Crippen molar-refractivity contribution in [1.29, 1.82) is 5.26 Å². The molecular weight excluding hydrogens is 282 g/mol. The third-order valence-electron chi connectivity index (χ3n) is 2.61. The molecule has 2 aromatic rings. The highest BCUT2D eigenvalue weighted by atomic mass is 32.1. The highest BCUT2D eigenvalue weighted by Crippen LogP contribution is 2.18. The molecule has 0 fully saturated rings. The number of nitrogens with two attached hydrogens (primary N) is 1. The van der Waals surface area contributed by atoms with Crippen molar-refractivity contribution in [2.24, 2.45) is 5.73 Å². The summed E-state index contributed by atoms with van der Waals surface area (Å²) in [5.41, 5.74) is 5.84. The molecule has 1 amide bonds. The molecule has 20 heavy (non-hydrogen) atoms. The van der Waals surface area contributed by atoms with Gasteiger partial charge in [-0.25, -0.2) is 5.21 Å². The van der Waals surface area contributed by atoms with Gasteiger partial charge in [-0.2, -0.15) is 10.5 Å². The highest BCUT2D eigenvalue weighted by molar-refractivity contribution is 7.71. The number of amides is 1. The Morgan fingerprint density at radius 3 is 2.90 bits per heavy atom. The number of nitrogens with one attached hydrogen (secondary N) is 2. The van der Waals surface area contributed by atoms with E-state index >= 15 is 0 Å². The summed E-state index contributed by atoms with van der Waals surface area (Å²) >= 11 is 5.07. The van der Waals surface area contributed by atoms with Gasteiger partial charge in [0, 0.05) is 18.3 Å². The van der Waals surface area contributed by atoms with Gasteiger partial charge in [-0.15, -0.1) is 0 Å². The number of imidazole rings is 1. The fourth-order valence-electron chi connectivity index (χ4n) is 1.66. The number of aromatic amines is 1. The number of nitrogens with zero attached hydrogens (tertiary/aromatic N) is 2. The van der Waals surface area contributed by atoms with Gasteiger partial charge in [-0.1, -0.05) is 0 Å². The third kappa shape index (κ3) is 2.44. The van der Waals surface area contributed by atoms with E-state index < -0.39 is 11.1 Å². The predicted octanol–water partition coefficient (Wildman–Crippen LogP) is -0.0479. The topological polar surface area (TPSA) is 135 Å². The Kier molecular flexibility index (Phi) is 3.64. The van der Waals surface area contributed by atoms with Crippen molar-refractivity contribution in [3.63, 3.8) is 0 Å². The molecule has 0 bridgehead atoms. The van der Waals surface area contributed by atoms with Crippen molar-refractivity contribution in [3.05, 3.63) is 33.8 Å². The molecule has 0 aliphatic carbocycles. The summed E-state index contributed by atoms with van der Waals surface area (Å²) in [5, 5.41) is 27.7. The van der Waals surface area contributed by atoms with Crippen molar-refractivity contribution in [2.75, 3.05) is 0 Å². The zero-order valence-electron chi connectivity index (χ0n) is 9.95. The molecule has 0 aliphatic heterocycles. The molecule has 102 valence electrons. The second kappa shape index (κ2) is 5.24. The molecule has 0 saturated carbocycles. The Hall–Kier alpha value is -2.51. The van der Waals surface area contributed by atoms with Crippen LogP contribution in [0.2, 0.25) is 0 Å². The first kappa shape index (κ1) is 13.9. The van der Waals surface area contributed by atoms with E-state index in [2.05, 4.69) is 4.98 Å². The van der Waals surface area contributed by atoms with Crippen LogP contribution in [0.15, 0.2) is 23.8 Å². The predicted molar refractivity (Wildman–Crippen MR) is 72.0 cm³/mol. The Bertz CT molecular complexity index is 812. The number of hydrogen-bond donors (Lipinski definition) is 4. The number of quaternary nitrogens is 1. The maximum Gasteiger partial charge on any atom is 0.260 e. The number of carbonyl (C=O) groups excluding carboxylic acids is 1. The second-order valence-corrected chi connectivity index (χ2v) is 4.24. The first-order valence-electron chi connectivity index (χ1n) is 5.33. The zero-order valence-corrected chi connectivity index (χ0v) is 10.8. The van der Waals surface area contributed by atoms with E-state index in [1.165, 1.54) is 22.9 Å². The van der Waals surface area contributed by atoms with Gasteiger partial charge in [-0.05, 0) is 18.3 Å². The standard InChI is InChI=1S/C11H9N5O3S/c12-4-6(10(13)17)5-15-9-3-7(16(18)19)1-2-8(9)14-11(15)20/h1-3,5,16,18H,(H2,13,17)(H,14,20)/b6-5-. The lowest BCUT2D eigenvalue weighted by molar-refractivity contribution is -0.991. The number of fused-ring (bicyclic) bond motifs is 1. The molecule has 0 saturated heterocycles. The lowest BCUT2D eigenvalue weighted by atomic mass is 10.2. The summed E-state index contributed by atoms with van der Waals surface area (Å²) in [6.07, 6.45) is 1.18.